The number of halogens is 2. The first kappa shape index (κ1) is 11.3. The summed E-state index contributed by atoms with van der Waals surface area (Å²) in [5, 5.41) is 4.08. The van der Waals surface area contributed by atoms with Crippen molar-refractivity contribution < 1.29 is 4.39 Å². The molecular formula is C12H12BrFN2. The van der Waals surface area contributed by atoms with Crippen molar-refractivity contribution in [3.63, 3.8) is 0 Å². The van der Waals surface area contributed by atoms with E-state index in [0.717, 1.165) is 22.2 Å². The molecule has 0 unspecified atom stereocenters. The van der Waals surface area contributed by atoms with E-state index in [4.69, 9.17) is 0 Å². The van der Waals surface area contributed by atoms with E-state index >= 15 is 0 Å². The van der Waals surface area contributed by atoms with Crippen molar-refractivity contribution in [1.82, 2.24) is 9.78 Å². The molecule has 0 saturated carbocycles. The summed E-state index contributed by atoms with van der Waals surface area (Å²) in [7, 11) is 1.90. The Morgan fingerprint density at radius 2 is 2.12 bits per heavy atom. The Kier molecular flexibility index (Phi) is 3.39. The van der Waals surface area contributed by atoms with Gasteiger partial charge in [0.25, 0.3) is 0 Å². The van der Waals surface area contributed by atoms with Gasteiger partial charge in [0.1, 0.15) is 5.82 Å². The molecule has 0 aliphatic heterocycles. The lowest BCUT2D eigenvalue weighted by atomic mass is 10.1. The molecule has 4 heteroatoms. The van der Waals surface area contributed by atoms with Crippen LogP contribution >= 0.6 is 15.9 Å². The Morgan fingerprint density at radius 3 is 2.75 bits per heavy atom. The lowest BCUT2D eigenvalue weighted by Crippen LogP contribution is -2.01. The van der Waals surface area contributed by atoms with Gasteiger partial charge < -0.3 is 0 Å². The van der Waals surface area contributed by atoms with Crippen LogP contribution in [0.4, 0.5) is 4.39 Å². The lowest BCUT2D eigenvalue weighted by Gasteiger charge is -2.04. The van der Waals surface area contributed by atoms with Crippen molar-refractivity contribution in [1.29, 1.82) is 0 Å². The molecule has 1 aromatic heterocycles. The normalized spacial score (nSPS) is 10.7. The maximum atomic E-state index is 13.5. The van der Waals surface area contributed by atoms with Crippen LogP contribution in [-0.2, 0) is 19.9 Å². The van der Waals surface area contributed by atoms with Crippen molar-refractivity contribution in [2.24, 2.45) is 7.05 Å². The molecule has 0 saturated heterocycles. The van der Waals surface area contributed by atoms with E-state index in [9.17, 15) is 4.39 Å². The highest BCUT2D eigenvalue weighted by Crippen LogP contribution is 2.16. The largest absolute Gasteiger partial charge is 0.273 e. The van der Waals surface area contributed by atoms with Crippen LogP contribution in [0, 0.1) is 5.82 Å². The summed E-state index contributed by atoms with van der Waals surface area (Å²) < 4.78 is 16.1. The fourth-order valence-corrected chi connectivity index (χ4v) is 1.97. The molecule has 2 aromatic rings. The molecule has 0 aliphatic carbocycles. The Labute approximate surface area is 102 Å². The Balaban J connectivity index is 2.08. The molecule has 0 atom stereocenters. The van der Waals surface area contributed by atoms with Crippen molar-refractivity contribution in [3.05, 3.63) is 52.0 Å². The second kappa shape index (κ2) is 4.78. The van der Waals surface area contributed by atoms with Crippen LogP contribution < -0.4 is 0 Å². The smallest absolute Gasteiger partial charge is 0.127 e. The number of nitrogens with zero attached hydrogens (tertiary/aromatic N) is 2. The minimum absolute atomic E-state index is 0.156. The van der Waals surface area contributed by atoms with E-state index in [1.54, 1.807) is 6.20 Å². The van der Waals surface area contributed by atoms with Gasteiger partial charge in [-0.25, -0.2) is 4.39 Å². The summed E-state index contributed by atoms with van der Waals surface area (Å²) in [6.45, 7) is 0. The molecule has 0 N–H and O–H groups in total. The number of aryl methyl sites for hydroxylation is 3. The first-order valence-corrected chi connectivity index (χ1v) is 5.87. The van der Waals surface area contributed by atoms with Crippen molar-refractivity contribution in [3.8, 4) is 0 Å². The molecule has 0 bridgehead atoms. The summed E-state index contributed by atoms with van der Waals surface area (Å²) in [6, 6.07) is 7.13. The van der Waals surface area contributed by atoms with Crippen LogP contribution in [-0.4, -0.2) is 9.78 Å². The topological polar surface area (TPSA) is 17.8 Å². The minimum atomic E-state index is -0.156. The zero-order valence-electron chi connectivity index (χ0n) is 8.95. The molecule has 0 spiro atoms. The molecule has 1 aromatic carbocycles. The fraction of sp³-hybridized carbons (Fsp3) is 0.250. The monoisotopic (exact) mass is 282 g/mol. The number of aromatic nitrogens is 2. The van der Waals surface area contributed by atoms with Gasteiger partial charge in [0.2, 0.25) is 0 Å². The van der Waals surface area contributed by atoms with Crippen LogP contribution in [0.3, 0.4) is 0 Å². The van der Waals surface area contributed by atoms with E-state index < -0.39 is 0 Å². The standard InChI is InChI=1S/C12H12BrFN2/c1-16-11(6-7-15-16)5-3-9-2-4-10(13)8-12(9)14/h2,4,6-8H,3,5H2,1H3. The van der Waals surface area contributed by atoms with E-state index in [2.05, 4.69) is 21.0 Å². The van der Waals surface area contributed by atoms with Crippen LogP contribution in [0.2, 0.25) is 0 Å². The summed E-state index contributed by atoms with van der Waals surface area (Å²) in [5.41, 5.74) is 1.85. The van der Waals surface area contributed by atoms with Gasteiger partial charge in [-0.05, 0) is 36.6 Å². The van der Waals surface area contributed by atoms with Gasteiger partial charge >= 0.3 is 0 Å². The van der Waals surface area contributed by atoms with E-state index in [0.29, 0.717) is 6.42 Å². The maximum Gasteiger partial charge on any atom is 0.127 e. The lowest BCUT2D eigenvalue weighted by molar-refractivity contribution is 0.604. The summed E-state index contributed by atoms with van der Waals surface area (Å²) >= 11 is 3.24. The first-order valence-electron chi connectivity index (χ1n) is 5.07. The van der Waals surface area contributed by atoms with Crippen LogP contribution in [0.5, 0.6) is 0 Å². The summed E-state index contributed by atoms with van der Waals surface area (Å²) in [5.74, 6) is -0.156. The Hall–Kier alpha value is -1.16. The fourth-order valence-electron chi connectivity index (χ4n) is 1.63. The quantitative estimate of drug-likeness (QED) is 0.846. The number of benzene rings is 1. The predicted octanol–water partition coefficient (Wildman–Crippen LogP) is 3.11. The maximum absolute atomic E-state index is 13.5. The van der Waals surface area contributed by atoms with E-state index in [1.165, 1.54) is 6.07 Å². The van der Waals surface area contributed by atoms with Crippen molar-refractivity contribution >= 4 is 15.9 Å². The van der Waals surface area contributed by atoms with Gasteiger partial charge in [-0.15, -0.1) is 0 Å². The van der Waals surface area contributed by atoms with Gasteiger partial charge in [-0.1, -0.05) is 22.0 Å². The number of rotatable bonds is 3. The SMILES string of the molecule is Cn1nccc1CCc1ccc(Br)cc1F. The predicted molar refractivity (Wildman–Crippen MR) is 64.7 cm³/mol. The third-order valence-electron chi connectivity index (χ3n) is 2.59. The van der Waals surface area contributed by atoms with E-state index in [1.807, 2.05) is 29.9 Å². The van der Waals surface area contributed by atoms with Gasteiger partial charge in [0.15, 0.2) is 0 Å². The number of hydrogen-bond donors (Lipinski definition) is 0. The van der Waals surface area contributed by atoms with Gasteiger partial charge in [-0.3, -0.25) is 4.68 Å². The Bertz CT molecular complexity index is 494. The molecule has 0 fully saturated rings. The van der Waals surface area contributed by atoms with Gasteiger partial charge in [0, 0.05) is 23.4 Å². The average molecular weight is 283 g/mol. The molecule has 16 heavy (non-hydrogen) atoms. The third-order valence-corrected chi connectivity index (χ3v) is 3.08. The summed E-state index contributed by atoms with van der Waals surface area (Å²) in [6.07, 6.45) is 3.25. The van der Waals surface area contributed by atoms with E-state index in [-0.39, 0.29) is 5.82 Å². The molecule has 0 amide bonds. The Morgan fingerprint density at radius 1 is 1.31 bits per heavy atom. The van der Waals surface area contributed by atoms with Gasteiger partial charge in [-0.2, -0.15) is 5.10 Å². The molecule has 2 rings (SSSR count). The van der Waals surface area contributed by atoms with Crippen molar-refractivity contribution in [2.75, 3.05) is 0 Å². The molecular weight excluding hydrogens is 271 g/mol. The zero-order chi connectivity index (χ0) is 11.5. The summed E-state index contributed by atoms with van der Waals surface area (Å²) in [4.78, 5) is 0. The van der Waals surface area contributed by atoms with Crippen LogP contribution in [0.1, 0.15) is 11.3 Å². The molecule has 2 nitrogen and oxygen atoms in total. The van der Waals surface area contributed by atoms with Crippen LogP contribution in [0.25, 0.3) is 0 Å². The zero-order valence-corrected chi connectivity index (χ0v) is 10.5. The van der Waals surface area contributed by atoms with Crippen LogP contribution in [0.15, 0.2) is 34.9 Å². The minimum Gasteiger partial charge on any atom is -0.273 e. The number of hydrogen-bond acceptors (Lipinski definition) is 1. The molecule has 1 heterocycles. The highest BCUT2D eigenvalue weighted by molar-refractivity contribution is 9.10. The highest BCUT2D eigenvalue weighted by Gasteiger charge is 2.04. The second-order valence-corrected chi connectivity index (χ2v) is 4.60. The molecule has 0 aliphatic rings. The van der Waals surface area contributed by atoms with Crippen molar-refractivity contribution in [2.45, 2.75) is 12.8 Å². The highest BCUT2D eigenvalue weighted by atomic mass is 79.9. The molecule has 84 valence electrons. The third kappa shape index (κ3) is 2.50. The first-order chi connectivity index (χ1) is 7.66. The molecule has 0 radical (unpaired) electrons. The average Bonchev–Trinajstić information content (AvgIpc) is 2.63. The second-order valence-electron chi connectivity index (χ2n) is 3.68. The van der Waals surface area contributed by atoms with Gasteiger partial charge in [0.05, 0.1) is 0 Å².